The molecule has 0 aromatic carbocycles. The SMILES string of the molecule is CC(C)N1[PH2+]N(C(C)C)C(C)CC1C. The van der Waals surface area contributed by atoms with Gasteiger partial charge in [0, 0.05) is 24.2 Å². The summed E-state index contributed by atoms with van der Waals surface area (Å²) in [6.07, 6.45) is 1.32. The van der Waals surface area contributed by atoms with Crippen LogP contribution in [0.3, 0.4) is 0 Å². The van der Waals surface area contributed by atoms with Crippen molar-refractivity contribution in [3.05, 3.63) is 0 Å². The molecule has 1 aliphatic rings. The minimum Gasteiger partial charge on any atom is -0.163 e. The van der Waals surface area contributed by atoms with E-state index in [9.17, 15) is 0 Å². The van der Waals surface area contributed by atoms with Gasteiger partial charge in [-0.2, -0.15) is 9.34 Å². The van der Waals surface area contributed by atoms with Crippen molar-refractivity contribution < 1.29 is 0 Å². The van der Waals surface area contributed by atoms with Gasteiger partial charge >= 0.3 is 0 Å². The predicted molar refractivity (Wildman–Crippen MR) is 67.2 cm³/mol. The fourth-order valence-electron chi connectivity index (χ4n) is 2.40. The molecule has 1 saturated heterocycles. The minimum absolute atomic E-state index is 0.343. The molecule has 0 aromatic rings. The summed E-state index contributed by atoms with van der Waals surface area (Å²) in [5.41, 5.74) is 0. The van der Waals surface area contributed by atoms with Crippen molar-refractivity contribution in [1.82, 2.24) is 9.34 Å². The van der Waals surface area contributed by atoms with Crippen LogP contribution in [0.5, 0.6) is 0 Å². The molecule has 0 spiro atoms. The Morgan fingerprint density at radius 2 is 1.29 bits per heavy atom. The molecule has 1 aliphatic heterocycles. The van der Waals surface area contributed by atoms with Crippen molar-refractivity contribution in [1.29, 1.82) is 0 Å². The van der Waals surface area contributed by atoms with Crippen LogP contribution in [0.25, 0.3) is 0 Å². The zero-order valence-corrected chi connectivity index (χ0v) is 11.6. The molecule has 2 atom stereocenters. The predicted octanol–water partition coefficient (Wildman–Crippen LogP) is 2.83. The lowest BCUT2D eigenvalue weighted by Crippen LogP contribution is -2.47. The molecule has 14 heavy (non-hydrogen) atoms. The van der Waals surface area contributed by atoms with Crippen LogP contribution in [0.15, 0.2) is 0 Å². The zero-order chi connectivity index (χ0) is 10.9. The normalized spacial score (nSPS) is 33.4. The molecule has 1 heterocycles. The van der Waals surface area contributed by atoms with Crippen molar-refractivity contribution in [2.24, 2.45) is 0 Å². The third kappa shape index (κ3) is 2.68. The van der Waals surface area contributed by atoms with Gasteiger partial charge in [0.2, 0.25) is 0 Å². The van der Waals surface area contributed by atoms with Crippen LogP contribution >= 0.6 is 8.88 Å². The fourth-order valence-corrected chi connectivity index (χ4v) is 3.94. The zero-order valence-electron chi connectivity index (χ0n) is 10.5. The number of hydrogen-bond donors (Lipinski definition) is 0. The van der Waals surface area contributed by atoms with E-state index in [1.165, 1.54) is 6.42 Å². The summed E-state index contributed by atoms with van der Waals surface area (Å²) in [5, 5.41) is 0. The molecule has 2 nitrogen and oxygen atoms in total. The maximum Gasteiger partial charge on any atom is 0.127 e. The molecule has 3 heteroatoms. The van der Waals surface area contributed by atoms with Crippen molar-refractivity contribution >= 4 is 8.88 Å². The fraction of sp³-hybridized carbons (Fsp3) is 1.00. The number of nitrogens with zero attached hydrogens (tertiary/aromatic N) is 2. The maximum absolute atomic E-state index is 2.68. The molecule has 0 bridgehead atoms. The molecule has 0 radical (unpaired) electrons. The van der Waals surface area contributed by atoms with E-state index in [1.807, 2.05) is 0 Å². The second-order valence-corrected chi connectivity index (χ2v) is 6.55. The first-order chi connectivity index (χ1) is 6.43. The van der Waals surface area contributed by atoms with Crippen LogP contribution in [0, 0.1) is 0 Å². The van der Waals surface area contributed by atoms with Gasteiger partial charge in [0.05, 0.1) is 0 Å². The standard InChI is InChI=1S/C11H25N2P/c1-8(2)12-10(5)7-11(6)13(14-12)9(3)4/h8-11,14H,7H2,1-6H3/p+1. The monoisotopic (exact) mass is 217 g/mol. The molecule has 1 rings (SSSR count). The van der Waals surface area contributed by atoms with Crippen LogP contribution in [-0.2, 0) is 0 Å². The maximum atomic E-state index is 2.68. The van der Waals surface area contributed by atoms with Crippen LogP contribution in [0.1, 0.15) is 48.0 Å². The van der Waals surface area contributed by atoms with Crippen molar-refractivity contribution in [2.45, 2.75) is 72.1 Å². The molecular weight excluding hydrogens is 191 g/mol. The van der Waals surface area contributed by atoms with Crippen molar-refractivity contribution in [3.63, 3.8) is 0 Å². The third-order valence-corrected chi connectivity index (χ3v) is 5.90. The first-order valence-corrected chi connectivity index (χ1v) is 6.86. The molecule has 0 saturated carbocycles. The molecule has 0 amide bonds. The quantitative estimate of drug-likeness (QED) is 0.656. The Morgan fingerprint density at radius 3 is 1.57 bits per heavy atom. The average Bonchev–Trinajstić information content (AvgIpc) is 2.02. The summed E-state index contributed by atoms with van der Waals surface area (Å²) in [5.74, 6) is 0. The van der Waals surface area contributed by atoms with Gasteiger partial charge in [0.15, 0.2) is 0 Å². The highest BCUT2D eigenvalue weighted by atomic mass is 31.1. The summed E-state index contributed by atoms with van der Waals surface area (Å²) in [6.45, 7) is 14.0. The molecule has 0 aliphatic carbocycles. The van der Waals surface area contributed by atoms with E-state index in [-0.39, 0.29) is 0 Å². The topological polar surface area (TPSA) is 6.48 Å². The summed E-state index contributed by atoms with van der Waals surface area (Å²) in [4.78, 5) is 0. The lowest BCUT2D eigenvalue weighted by molar-refractivity contribution is 0.172. The van der Waals surface area contributed by atoms with Gasteiger partial charge in [0.1, 0.15) is 8.88 Å². The Kier molecular flexibility index (Phi) is 4.36. The van der Waals surface area contributed by atoms with Crippen molar-refractivity contribution in [2.75, 3.05) is 0 Å². The highest BCUT2D eigenvalue weighted by Gasteiger charge is 2.37. The smallest absolute Gasteiger partial charge is 0.127 e. The summed E-state index contributed by atoms with van der Waals surface area (Å²) >= 11 is 0. The van der Waals surface area contributed by atoms with Crippen LogP contribution < -0.4 is 0 Å². The van der Waals surface area contributed by atoms with Gasteiger partial charge < -0.3 is 0 Å². The Hall–Kier alpha value is 0.350. The Bertz CT molecular complexity index is 164. The van der Waals surface area contributed by atoms with Gasteiger partial charge in [-0.05, 0) is 48.0 Å². The third-order valence-electron chi connectivity index (χ3n) is 3.16. The second-order valence-electron chi connectivity index (χ2n) is 5.13. The number of hydrogen-bond acceptors (Lipinski definition) is 2. The van der Waals surface area contributed by atoms with E-state index in [2.05, 4.69) is 50.9 Å². The highest BCUT2D eigenvalue weighted by Crippen LogP contribution is 2.39. The summed E-state index contributed by atoms with van der Waals surface area (Å²) in [6, 6.07) is 2.95. The van der Waals surface area contributed by atoms with E-state index in [0.717, 1.165) is 12.1 Å². The first-order valence-electron chi connectivity index (χ1n) is 5.83. The molecule has 0 N–H and O–H groups in total. The average molecular weight is 217 g/mol. The largest absolute Gasteiger partial charge is 0.163 e. The molecule has 84 valence electrons. The van der Waals surface area contributed by atoms with Gasteiger partial charge in [-0.25, -0.2) is 0 Å². The van der Waals surface area contributed by atoms with E-state index in [0.29, 0.717) is 21.0 Å². The number of rotatable bonds is 2. The molecule has 2 unspecified atom stereocenters. The molecule has 1 fully saturated rings. The Labute approximate surface area is 90.9 Å². The van der Waals surface area contributed by atoms with E-state index < -0.39 is 0 Å². The van der Waals surface area contributed by atoms with Gasteiger partial charge in [-0.3, -0.25) is 0 Å². The minimum atomic E-state index is 0.343. The summed E-state index contributed by atoms with van der Waals surface area (Å²) < 4.78 is 5.36. The highest BCUT2D eigenvalue weighted by molar-refractivity contribution is 7.32. The second kappa shape index (κ2) is 4.92. The summed E-state index contributed by atoms with van der Waals surface area (Å²) in [7, 11) is 0.343. The van der Waals surface area contributed by atoms with Gasteiger partial charge in [-0.1, -0.05) is 0 Å². The molecular formula is C11H26N2P+. The van der Waals surface area contributed by atoms with E-state index >= 15 is 0 Å². The Balaban J connectivity index is 2.65. The van der Waals surface area contributed by atoms with E-state index in [4.69, 9.17) is 0 Å². The van der Waals surface area contributed by atoms with Gasteiger partial charge in [0.25, 0.3) is 0 Å². The van der Waals surface area contributed by atoms with Crippen molar-refractivity contribution in [3.8, 4) is 0 Å². The van der Waals surface area contributed by atoms with E-state index in [1.54, 1.807) is 0 Å². The Morgan fingerprint density at radius 1 is 0.929 bits per heavy atom. The van der Waals surface area contributed by atoms with Gasteiger partial charge in [-0.15, -0.1) is 0 Å². The molecule has 0 aromatic heterocycles. The van der Waals surface area contributed by atoms with Crippen LogP contribution in [-0.4, -0.2) is 33.5 Å². The lowest BCUT2D eigenvalue weighted by Gasteiger charge is -2.41. The lowest BCUT2D eigenvalue weighted by atomic mass is 10.1. The van der Waals surface area contributed by atoms with Crippen LogP contribution in [0.2, 0.25) is 0 Å². The first kappa shape index (κ1) is 12.4. The van der Waals surface area contributed by atoms with Crippen LogP contribution in [0.4, 0.5) is 0 Å².